The average Bonchev–Trinajstić information content (AvgIpc) is 2.37. The topological polar surface area (TPSA) is 64.6 Å². The summed E-state index contributed by atoms with van der Waals surface area (Å²) in [6, 6.07) is 4.83. The summed E-state index contributed by atoms with van der Waals surface area (Å²) in [5.41, 5.74) is 0.397. The van der Waals surface area contributed by atoms with Crippen molar-refractivity contribution in [3.63, 3.8) is 0 Å². The Morgan fingerprint density at radius 3 is 2.17 bits per heavy atom. The summed E-state index contributed by atoms with van der Waals surface area (Å²) in [5, 5.41) is 2.09. The molecule has 5 nitrogen and oxygen atoms in total. The fraction of sp³-hybridized carbons (Fsp3) is 0.333. The molecule has 1 aromatic rings. The smallest absolute Gasteiger partial charge is 0.251 e. The molecule has 0 radical (unpaired) electrons. The second-order valence-corrected chi connectivity index (χ2v) is 3.88. The van der Waals surface area contributed by atoms with Crippen LogP contribution in [-0.2, 0) is 4.79 Å². The lowest BCUT2D eigenvalue weighted by Gasteiger charge is -2.08. The van der Waals surface area contributed by atoms with Crippen LogP contribution in [0.3, 0.4) is 0 Å². The summed E-state index contributed by atoms with van der Waals surface area (Å²) in [6.07, 6.45) is 0.0917. The van der Waals surface area contributed by atoms with Gasteiger partial charge in [0.1, 0.15) is 11.5 Å². The fourth-order valence-electron chi connectivity index (χ4n) is 1.31. The molecule has 1 aromatic carbocycles. The van der Waals surface area contributed by atoms with Gasteiger partial charge in [-0.2, -0.15) is 0 Å². The molecule has 0 aliphatic rings. The number of hydrogen-bond donors (Lipinski definition) is 1. The number of hydrogen-bond acceptors (Lipinski definition) is 4. The summed E-state index contributed by atoms with van der Waals surface area (Å²) in [5.74, 6) is 0.728. The Kier molecular flexibility index (Phi) is 5.45. The van der Waals surface area contributed by atoms with Crippen molar-refractivity contribution in [1.82, 2.24) is 5.32 Å². The summed E-state index contributed by atoms with van der Waals surface area (Å²) in [7, 11) is 3.01. The van der Waals surface area contributed by atoms with E-state index in [0.717, 1.165) is 0 Å². The van der Waals surface area contributed by atoms with Crippen LogP contribution in [0.25, 0.3) is 0 Å². The van der Waals surface area contributed by atoms with Gasteiger partial charge >= 0.3 is 0 Å². The van der Waals surface area contributed by atoms with E-state index in [9.17, 15) is 9.59 Å². The van der Waals surface area contributed by atoms with Crippen molar-refractivity contribution in [2.75, 3.05) is 20.8 Å². The van der Waals surface area contributed by atoms with Crippen LogP contribution in [0.4, 0.5) is 0 Å². The number of rotatable bonds is 6. The van der Waals surface area contributed by atoms with Gasteiger partial charge in [-0.05, 0) is 23.7 Å². The molecule has 0 fully saturated rings. The number of benzene rings is 1. The lowest BCUT2D eigenvalue weighted by molar-refractivity contribution is -0.111. The van der Waals surface area contributed by atoms with Crippen molar-refractivity contribution < 1.29 is 19.1 Å². The van der Waals surface area contributed by atoms with E-state index in [1.165, 1.54) is 14.2 Å². The minimum Gasteiger partial charge on any atom is -0.497 e. The second-order valence-electron chi connectivity index (χ2n) is 3.46. The van der Waals surface area contributed by atoms with Gasteiger partial charge in [0.25, 0.3) is 5.91 Å². The van der Waals surface area contributed by atoms with E-state index in [2.05, 4.69) is 5.32 Å². The summed E-state index contributed by atoms with van der Waals surface area (Å²) < 4.78 is 10.1. The number of nitrogens with one attached hydrogen (secondary N) is 1. The van der Waals surface area contributed by atoms with Crippen LogP contribution >= 0.6 is 11.6 Å². The van der Waals surface area contributed by atoms with Gasteiger partial charge in [-0.1, -0.05) is 0 Å². The van der Waals surface area contributed by atoms with E-state index < -0.39 is 5.24 Å². The molecule has 18 heavy (non-hydrogen) atoms. The van der Waals surface area contributed by atoms with E-state index >= 15 is 0 Å². The van der Waals surface area contributed by atoms with Crippen LogP contribution in [0, 0.1) is 0 Å². The zero-order chi connectivity index (χ0) is 13.5. The van der Waals surface area contributed by atoms with E-state index in [4.69, 9.17) is 21.1 Å². The molecule has 0 bridgehead atoms. The van der Waals surface area contributed by atoms with Gasteiger partial charge in [0.2, 0.25) is 5.24 Å². The molecule has 6 heteroatoms. The Morgan fingerprint density at radius 2 is 1.72 bits per heavy atom. The van der Waals surface area contributed by atoms with Gasteiger partial charge < -0.3 is 14.8 Å². The molecule has 0 aromatic heterocycles. The van der Waals surface area contributed by atoms with Gasteiger partial charge in [-0.15, -0.1) is 0 Å². The zero-order valence-corrected chi connectivity index (χ0v) is 10.9. The third-order valence-electron chi connectivity index (χ3n) is 2.22. The van der Waals surface area contributed by atoms with E-state index in [0.29, 0.717) is 17.1 Å². The van der Waals surface area contributed by atoms with Gasteiger partial charge in [0, 0.05) is 24.6 Å². The SMILES string of the molecule is COc1cc(OC)cc(C(=O)NCCC(=O)Cl)c1. The highest BCUT2D eigenvalue weighted by molar-refractivity contribution is 6.63. The Bertz CT molecular complexity index is 425. The van der Waals surface area contributed by atoms with Crippen LogP contribution in [0.5, 0.6) is 11.5 Å². The van der Waals surface area contributed by atoms with E-state index in [1.54, 1.807) is 18.2 Å². The molecule has 0 heterocycles. The van der Waals surface area contributed by atoms with Gasteiger partial charge in [0.15, 0.2) is 0 Å². The Morgan fingerprint density at radius 1 is 1.17 bits per heavy atom. The summed E-state index contributed by atoms with van der Waals surface area (Å²) in [6.45, 7) is 0.195. The first-order chi connectivity index (χ1) is 8.56. The molecular weight excluding hydrogens is 258 g/mol. The Labute approximate surface area is 110 Å². The highest BCUT2D eigenvalue weighted by atomic mass is 35.5. The maximum atomic E-state index is 11.8. The van der Waals surface area contributed by atoms with E-state index in [-0.39, 0.29) is 18.9 Å². The number of carbonyl (C=O) groups is 2. The van der Waals surface area contributed by atoms with Crippen molar-refractivity contribution in [3.8, 4) is 11.5 Å². The molecule has 0 atom stereocenters. The third kappa shape index (κ3) is 4.25. The minimum atomic E-state index is -0.487. The van der Waals surface area contributed by atoms with Gasteiger partial charge in [0.05, 0.1) is 14.2 Å². The Balaban J connectivity index is 2.75. The van der Waals surface area contributed by atoms with Crippen LogP contribution < -0.4 is 14.8 Å². The molecule has 0 spiro atoms. The van der Waals surface area contributed by atoms with Crippen LogP contribution in [0.1, 0.15) is 16.8 Å². The molecule has 0 saturated heterocycles. The number of ether oxygens (including phenoxy) is 2. The molecule has 1 rings (SSSR count). The molecule has 0 aliphatic heterocycles. The molecule has 98 valence electrons. The maximum Gasteiger partial charge on any atom is 0.251 e. The van der Waals surface area contributed by atoms with Gasteiger partial charge in [-0.25, -0.2) is 0 Å². The third-order valence-corrected chi connectivity index (χ3v) is 2.41. The largest absolute Gasteiger partial charge is 0.497 e. The van der Waals surface area contributed by atoms with Crippen LogP contribution in [0.15, 0.2) is 18.2 Å². The number of amides is 1. The summed E-state index contributed by atoms with van der Waals surface area (Å²) in [4.78, 5) is 22.3. The van der Waals surface area contributed by atoms with Crippen LogP contribution in [-0.4, -0.2) is 31.9 Å². The van der Waals surface area contributed by atoms with Crippen LogP contribution in [0.2, 0.25) is 0 Å². The molecule has 0 aliphatic carbocycles. The minimum absolute atomic E-state index is 0.0917. The number of methoxy groups -OCH3 is 2. The first-order valence-corrected chi connectivity index (χ1v) is 5.64. The van der Waals surface area contributed by atoms with Crippen molar-refractivity contribution in [2.45, 2.75) is 6.42 Å². The van der Waals surface area contributed by atoms with Crippen molar-refractivity contribution in [1.29, 1.82) is 0 Å². The Hall–Kier alpha value is -1.75. The highest BCUT2D eigenvalue weighted by Crippen LogP contribution is 2.22. The second kappa shape index (κ2) is 6.86. The highest BCUT2D eigenvalue weighted by Gasteiger charge is 2.09. The first-order valence-electron chi connectivity index (χ1n) is 5.26. The predicted octanol–water partition coefficient (Wildman–Crippen LogP) is 1.59. The molecule has 1 amide bonds. The quantitative estimate of drug-likeness (QED) is 0.798. The lowest BCUT2D eigenvalue weighted by Crippen LogP contribution is -2.25. The summed E-state index contributed by atoms with van der Waals surface area (Å²) >= 11 is 5.17. The molecule has 0 unspecified atom stereocenters. The zero-order valence-electron chi connectivity index (χ0n) is 10.2. The van der Waals surface area contributed by atoms with Crippen molar-refractivity contribution >= 4 is 22.8 Å². The fourth-order valence-corrected chi connectivity index (χ4v) is 1.41. The van der Waals surface area contributed by atoms with Crippen molar-refractivity contribution in [3.05, 3.63) is 23.8 Å². The predicted molar refractivity (Wildman–Crippen MR) is 67.4 cm³/mol. The van der Waals surface area contributed by atoms with E-state index in [1.807, 2.05) is 0 Å². The lowest BCUT2D eigenvalue weighted by atomic mass is 10.2. The van der Waals surface area contributed by atoms with Crippen molar-refractivity contribution in [2.24, 2.45) is 0 Å². The first kappa shape index (κ1) is 14.3. The molecular formula is C12H14ClNO4. The monoisotopic (exact) mass is 271 g/mol. The molecule has 1 N–H and O–H groups in total. The average molecular weight is 272 g/mol. The number of halogens is 1. The molecule has 0 saturated carbocycles. The normalized spacial score (nSPS) is 9.72. The van der Waals surface area contributed by atoms with Gasteiger partial charge in [-0.3, -0.25) is 9.59 Å². The number of carbonyl (C=O) groups excluding carboxylic acids is 2. The maximum absolute atomic E-state index is 11.8. The standard InChI is InChI=1S/C12H14ClNO4/c1-17-9-5-8(6-10(7-9)18-2)12(16)14-4-3-11(13)15/h5-7H,3-4H2,1-2H3,(H,14,16).